The first-order valence-electron chi connectivity index (χ1n) is 7.84. The molecule has 20 heavy (non-hydrogen) atoms. The van der Waals surface area contributed by atoms with Crippen molar-refractivity contribution in [3.63, 3.8) is 0 Å². The smallest absolute Gasteiger partial charge is 0.0721 e. The van der Waals surface area contributed by atoms with Crippen LogP contribution in [0.4, 0.5) is 0 Å². The molecule has 3 rings (SSSR count). The summed E-state index contributed by atoms with van der Waals surface area (Å²) in [6.07, 6.45) is 5.17. The molecule has 1 aromatic carbocycles. The van der Waals surface area contributed by atoms with E-state index < -0.39 is 0 Å². The van der Waals surface area contributed by atoms with Gasteiger partial charge in [-0.25, -0.2) is 0 Å². The molecule has 1 fully saturated rings. The van der Waals surface area contributed by atoms with Crippen molar-refractivity contribution in [2.24, 2.45) is 0 Å². The van der Waals surface area contributed by atoms with Gasteiger partial charge in [-0.2, -0.15) is 0 Å². The molecule has 0 amide bonds. The highest BCUT2D eigenvalue weighted by molar-refractivity contribution is 5.31. The van der Waals surface area contributed by atoms with E-state index in [2.05, 4.69) is 48.6 Å². The molecular weight excluding hydrogens is 248 g/mol. The third-order valence-corrected chi connectivity index (χ3v) is 5.12. The van der Waals surface area contributed by atoms with Crippen LogP contribution < -0.4 is 5.32 Å². The summed E-state index contributed by atoms with van der Waals surface area (Å²) in [5.41, 5.74) is 2.83. The molecule has 1 aromatic rings. The molecule has 1 unspecified atom stereocenters. The van der Waals surface area contributed by atoms with Gasteiger partial charge in [0.05, 0.1) is 19.3 Å². The summed E-state index contributed by atoms with van der Waals surface area (Å²) >= 11 is 0. The van der Waals surface area contributed by atoms with Crippen molar-refractivity contribution < 1.29 is 4.74 Å². The van der Waals surface area contributed by atoms with Crippen LogP contribution in [0.15, 0.2) is 24.3 Å². The highest BCUT2D eigenvalue weighted by Crippen LogP contribution is 2.33. The predicted octanol–water partition coefficient (Wildman–Crippen LogP) is 2.72. The standard InChI is InChI=1S/C17H26N2O/c1-18-14-7-9-15(10-8-14)19(2)17-12-20-11-13-5-3-4-6-16(13)17/h3-6,14-15,17-18H,7-12H2,1-2H3. The summed E-state index contributed by atoms with van der Waals surface area (Å²) in [5, 5.41) is 3.42. The van der Waals surface area contributed by atoms with Crippen LogP contribution >= 0.6 is 0 Å². The Balaban J connectivity index is 1.71. The lowest BCUT2D eigenvalue weighted by molar-refractivity contribution is 0.0176. The van der Waals surface area contributed by atoms with Crippen LogP contribution in [-0.4, -0.2) is 37.7 Å². The Morgan fingerprint density at radius 3 is 2.65 bits per heavy atom. The summed E-state index contributed by atoms with van der Waals surface area (Å²) in [4.78, 5) is 2.56. The van der Waals surface area contributed by atoms with Crippen molar-refractivity contribution in [1.29, 1.82) is 0 Å². The van der Waals surface area contributed by atoms with E-state index >= 15 is 0 Å². The fraction of sp³-hybridized carbons (Fsp3) is 0.647. The quantitative estimate of drug-likeness (QED) is 0.917. The number of nitrogens with zero attached hydrogens (tertiary/aromatic N) is 1. The molecule has 1 aliphatic carbocycles. The second-order valence-electron chi connectivity index (χ2n) is 6.19. The number of hydrogen-bond acceptors (Lipinski definition) is 3. The molecule has 110 valence electrons. The summed E-state index contributed by atoms with van der Waals surface area (Å²) in [7, 11) is 4.36. The van der Waals surface area contributed by atoms with Gasteiger partial charge >= 0.3 is 0 Å². The van der Waals surface area contributed by atoms with Crippen molar-refractivity contribution in [3.05, 3.63) is 35.4 Å². The Bertz CT molecular complexity index is 440. The Morgan fingerprint density at radius 2 is 1.90 bits per heavy atom. The van der Waals surface area contributed by atoms with E-state index in [9.17, 15) is 0 Å². The van der Waals surface area contributed by atoms with Crippen molar-refractivity contribution in [2.45, 2.75) is 50.4 Å². The van der Waals surface area contributed by atoms with Crippen LogP contribution in [0.3, 0.4) is 0 Å². The maximum absolute atomic E-state index is 5.81. The van der Waals surface area contributed by atoms with E-state index in [1.54, 1.807) is 0 Å². The molecule has 3 heteroatoms. The minimum atomic E-state index is 0.427. The molecule has 0 saturated heterocycles. The third-order valence-electron chi connectivity index (χ3n) is 5.12. The molecule has 1 heterocycles. The predicted molar refractivity (Wildman–Crippen MR) is 81.7 cm³/mol. The average molecular weight is 274 g/mol. The maximum atomic E-state index is 5.81. The molecule has 0 spiro atoms. The zero-order chi connectivity index (χ0) is 13.9. The van der Waals surface area contributed by atoms with Gasteiger partial charge < -0.3 is 10.1 Å². The largest absolute Gasteiger partial charge is 0.375 e. The van der Waals surface area contributed by atoms with E-state index in [1.807, 2.05) is 0 Å². The van der Waals surface area contributed by atoms with Crippen LogP contribution in [0.5, 0.6) is 0 Å². The van der Waals surface area contributed by atoms with Gasteiger partial charge in [-0.15, -0.1) is 0 Å². The number of likely N-dealkylation sites (N-methyl/N-ethyl adjacent to an activating group) is 1. The fourth-order valence-corrected chi connectivity index (χ4v) is 3.72. The lowest BCUT2D eigenvalue weighted by atomic mass is 9.88. The van der Waals surface area contributed by atoms with E-state index in [-0.39, 0.29) is 0 Å². The van der Waals surface area contributed by atoms with Crippen molar-refractivity contribution >= 4 is 0 Å². The molecular formula is C17H26N2O. The van der Waals surface area contributed by atoms with Crippen LogP contribution in [0.1, 0.15) is 42.9 Å². The summed E-state index contributed by atoms with van der Waals surface area (Å²) < 4.78 is 5.81. The van der Waals surface area contributed by atoms with Gasteiger partial charge in [0.1, 0.15) is 0 Å². The lowest BCUT2D eigenvalue weighted by Crippen LogP contribution is -2.43. The van der Waals surface area contributed by atoms with Gasteiger partial charge in [-0.1, -0.05) is 24.3 Å². The van der Waals surface area contributed by atoms with Crippen molar-refractivity contribution in [2.75, 3.05) is 20.7 Å². The normalized spacial score (nSPS) is 30.2. The second kappa shape index (κ2) is 6.25. The lowest BCUT2D eigenvalue weighted by Gasteiger charge is -2.41. The van der Waals surface area contributed by atoms with Gasteiger partial charge in [0.2, 0.25) is 0 Å². The molecule has 3 nitrogen and oxygen atoms in total. The number of fused-ring (bicyclic) bond motifs is 1. The number of hydrogen-bond donors (Lipinski definition) is 1. The molecule has 2 aliphatic rings. The van der Waals surface area contributed by atoms with Gasteiger partial charge in [0.25, 0.3) is 0 Å². The molecule has 1 saturated carbocycles. The zero-order valence-corrected chi connectivity index (χ0v) is 12.6. The SMILES string of the molecule is CNC1CCC(N(C)C2COCc3ccccc32)CC1. The van der Waals surface area contributed by atoms with Gasteiger partial charge in [0, 0.05) is 12.1 Å². The van der Waals surface area contributed by atoms with Crippen LogP contribution in [0, 0.1) is 0 Å². The van der Waals surface area contributed by atoms with Crippen molar-refractivity contribution in [3.8, 4) is 0 Å². The Hall–Kier alpha value is -0.900. The minimum Gasteiger partial charge on any atom is -0.375 e. The third kappa shape index (κ3) is 2.76. The first-order valence-corrected chi connectivity index (χ1v) is 7.84. The molecule has 0 bridgehead atoms. The first-order chi connectivity index (χ1) is 9.79. The van der Waals surface area contributed by atoms with Crippen LogP contribution in [0.2, 0.25) is 0 Å². The summed E-state index contributed by atoms with van der Waals surface area (Å²) in [6, 6.07) is 10.6. The highest BCUT2D eigenvalue weighted by atomic mass is 16.5. The number of nitrogens with one attached hydrogen (secondary N) is 1. The molecule has 1 N–H and O–H groups in total. The molecule has 1 atom stereocenters. The zero-order valence-electron chi connectivity index (χ0n) is 12.6. The van der Waals surface area contributed by atoms with Crippen LogP contribution in [0.25, 0.3) is 0 Å². The maximum Gasteiger partial charge on any atom is 0.0721 e. The van der Waals surface area contributed by atoms with Gasteiger partial charge in [0.15, 0.2) is 0 Å². The topological polar surface area (TPSA) is 24.5 Å². The number of benzene rings is 1. The molecule has 0 aromatic heterocycles. The van der Waals surface area contributed by atoms with E-state index in [1.165, 1.54) is 36.8 Å². The summed E-state index contributed by atoms with van der Waals surface area (Å²) in [5.74, 6) is 0. The Kier molecular flexibility index (Phi) is 4.39. The summed E-state index contributed by atoms with van der Waals surface area (Å²) in [6.45, 7) is 1.60. The van der Waals surface area contributed by atoms with Gasteiger partial charge in [-0.3, -0.25) is 4.90 Å². The Labute approximate surface area is 122 Å². The molecule has 0 radical (unpaired) electrons. The van der Waals surface area contributed by atoms with E-state index in [0.29, 0.717) is 12.1 Å². The average Bonchev–Trinajstić information content (AvgIpc) is 2.54. The van der Waals surface area contributed by atoms with E-state index in [0.717, 1.165) is 19.3 Å². The number of ether oxygens (including phenoxy) is 1. The van der Waals surface area contributed by atoms with E-state index in [4.69, 9.17) is 4.74 Å². The van der Waals surface area contributed by atoms with Gasteiger partial charge in [-0.05, 0) is 50.9 Å². The fourth-order valence-electron chi connectivity index (χ4n) is 3.72. The van der Waals surface area contributed by atoms with Crippen molar-refractivity contribution in [1.82, 2.24) is 10.2 Å². The minimum absolute atomic E-state index is 0.427. The second-order valence-corrected chi connectivity index (χ2v) is 6.19. The Morgan fingerprint density at radius 1 is 1.15 bits per heavy atom. The number of rotatable bonds is 3. The highest BCUT2D eigenvalue weighted by Gasteiger charge is 2.30. The molecule has 1 aliphatic heterocycles. The monoisotopic (exact) mass is 274 g/mol. The van der Waals surface area contributed by atoms with Crippen LogP contribution in [-0.2, 0) is 11.3 Å². The first kappa shape index (κ1) is 14.1.